The first-order valence-electron chi connectivity index (χ1n) is 9.79. The molecule has 1 atom stereocenters. The third-order valence-corrected chi connectivity index (χ3v) is 5.29. The number of anilines is 1. The largest absolute Gasteiger partial charge is 0.491 e. The van der Waals surface area contributed by atoms with E-state index in [4.69, 9.17) is 9.84 Å². The minimum Gasteiger partial charge on any atom is -0.491 e. The van der Waals surface area contributed by atoms with Crippen LogP contribution in [-0.4, -0.2) is 65.1 Å². The van der Waals surface area contributed by atoms with Crippen LogP contribution in [0.2, 0.25) is 0 Å². The van der Waals surface area contributed by atoms with Gasteiger partial charge in [0, 0.05) is 32.1 Å². The van der Waals surface area contributed by atoms with Gasteiger partial charge >= 0.3 is 12.0 Å². The zero-order valence-corrected chi connectivity index (χ0v) is 16.1. The van der Waals surface area contributed by atoms with E-state index in [0.29, 0.717) is 44.0 Å². The van der Waals surface area contributed by atoms with Gasteiger partial charge in [-0.25, -0.2) is 4.79 Å². The molecule has 28 heavy (non-hydrogen) atoms. The van der Waals surface area contributed by atoms with E-state index >= 15 is 0 Å². The molecule has 0 spiro atoms. The maximum Gasteiger partial charge on any atom is 0.321 e. The summed E-state index contributed by atoms with van der Waals surface area (Å²) in [5.41, 5.74) is 0.641. The zero-order chi connectivity index (χ0) is 20.1. The number of ether oxygens (including phenoxy) is 1. The Morgan fingerprint density at radius 2 is 1.96 bits per heavy atom. The molecule has 0 aromatic heterocycles. The summed E-state index contributed by atoms with van der Waals surface area (Å²) in [6.45, 7) is 3.92. The molecule has 1 unspecified atom stereocenters. The fraction of sp³-hybridized carbons (Fsp3) is 0.550. The Balaban J connectivity index is 1.53. The Labute approximate surface area is 164 Å². The van der Waals surface area contributed by atoms with Crippen molar-refractivity contribution in [2.45, 2.75) is 38.6 Å². The van der Waals surface area contributed by atoms with Gasteiger partial charge in [-0.2, -0.15) is 0 Å². The second-order valence-corrected chi connectivity index (χ2v) is 7.28. The number of nitrogens with one attached hydrogen (secondary N) is 1. The van der Waals surface area contributed by atoms with Crippen molar-refractivity contribution in [2.24, 2.45) is 5.92 Å². The Kier molecular flexibility index (Phi) is 6.38. The van der Waals surface area contributed by atoms with Crippen LogP contribution in [0.3, 0.4) is 0 Å². The quantitative estimate of drug-likeness (QED) is 0.778. The highest BCUT2D eigenvalue weighted by molar-refractivity contribution is 5.91. The lowest BCUT2D eigenvalue weighted by molar-refractivity contribution is -0.141. The molecule has 8 nitrogen and oxygen atoms in total. The van der Waals surface area contributed by atoms with Crippen LogP contribution in [0.4, 0.5) is 10.5 Å². The maximum atomic E-state index is 12.6. The molecule has 0 radical (unpaired) electrons. The number of likely N-dealkylation sites (tertiary alicyclic amines) is 2. The van der Waals surface area contributed by atoms with E-state index < -0.39 is 11.9 Å². The molecule has 2 aliphatic heterocycles. The minimum absolute atomic E-state index is 0.000994. The third-order valence-electron chi connectivity index (χ3n) is 5.29. The normalized spacial score (nSPS) is 20.3. The summed E-state index contributed by atoms with van der Waals surface area (Å²) in [4.78, 5) is 39.3. The number of amides is 3. The predicted molar refractivity (Wildman–Crippen MR) is 103 cm³/mol. The highest BCUT2D eigenvalue weighted by Crippen LogP contribution is 2.27. The number of hydrogen-bond acceptors (Lipinski definition) is 4. The van der Waals surface area contributed by atoms with Gasteiger partial charge in [0.1, 0.15) is 5.75 Å². The van der Waals surface area contributed by atoms with E-state index in [9.17, 15) is 14.4 Å². The van der Waals surface area contributed by atoms with Crippen LogP contribution in [-0.2, 0) is 9.59 Å². The maximum absolute atomic E-state index is 12.6. The fourth-order valence-corrected chi connectivity index (χ4v) is 3.73. The molecule has 1 aromatic carbocycles. The van der Waals surface area contributed by atoms with E-state index in [2.05, 4.69) is 5.32 Å². The fourth-order valence-electron chi connectivity index (χ4n) is 3.73. The molecular weight excluding hydrogens is 362 g/mol. The van der Waals surface area contributed by atoms with Crippen LogP contribution in [0.5, 0.6) is 5.75 Å². The molecule has 3 rings (SSSR count). The smallest absolute Gasteiger partial charge is 0.321 e. The summed E-state index contributed by atoms with van der Waals surface area (Å²) in [6.07, 6.45) is 2.26. The van der Waals surface area contributed by atoms with Gasteiger partial charge in [-0.05, 0) is 31.4 Å². The predicted octanol–water partition coefficient (Wildman–Crippen LogP) is 2.40. The molecule has 1 aromatic rings. The Hall–Kier alpha value is -2.77. The van der Waals surface area contributed by atoms with E-state index in [1.807, 2.05) is 31.2 Å². The lowest BCUT2D eigenvalue weighted by Crippen LogP contribution is -2.48. The molecule has 0 bridgehead atoms. The summed E-state index contributed by atoms with van der Waals surface area (Å²) in [5.74, 6) is -0.989. The van der Waals surface area contributed by atoms with E-state index in [0.717, 1.165) is 6.42 Å². The van der Waals surface area contributed by atoms with Crippen LogP contribution in [0.25, 0.3) is 0 Å². The monoisotopic (exact) mass is 389 g/mol. The molecule has 3 amide bonds. The Morgan fingerprint density at radius 1 is 1.25 bits per heavy atom. The van der Waals surface area contributed by atoms with Gasteiger partial charge in [0.05, 0.1) is 18.2 Å². The molecule has 2 fully saturated rings. The first kappa shape index (κ1) is 20.0. The van der Waals surface area contributed by atoms with E-state index in [-0.39, 0.29) is 30.9 Å². The van der Waals surface area contributed by atoms with Crippen molar-refractivity contribution in [2.75, 3.05) is 31.6 Å². The lowest BCUT2D eigenvalue weighted by atomic mass is 10.0. The van der Waals surface area contributed by atoms with Crippen molar-refractivity contribution in [3.8, 4) is 5.75 Å². The summed E-state index contributed by atoms with van der Waals surface area (Å²) in [7, 11) is 0. The van der Waals surface area contributed by atoms with Crippen LogP contribution in [0.1, 0.15) is 32.6 Å². The van der Waals surface area contributed by atoms with Crippen LogP contribution in [0.15, 0.2) is 24.3 Å². The summed E-state index contributed by atoms with van der Waals surface area (Å²) < 4.78 is 5.67. The van der Waals surface area contributed by atoms with Crippen molar-refractivity contribution in [3.63, 3.8) is 0 Å². The number of carboxylic acid groups (broad SMARTS) is 1. The number of aliphatic carboxylic acids is 1. The van der Waals surface area contributed by atoms with Crippen molar-refractivity contribution in [3.05, 3.63) is 24.3 Å². The number of para-hydroxylation sites is 2. The molecule has 2 heterocycles. The highest BCUT2D eigenvalue weighted by atomic mass is 16.5. The molecule has 8 heteroatoms. The van der Waals surface area contributed by atoms with Crippen molar-refractivity contribution >= 4 is 23.6 Å². The van der Waals surface area contributed by atoms with E-state index in [1.54, 1.807) is 9.80 Å². The van der Waals surface area contributed by atoms with Crippen molar-refractivity contribution in [1.29, 1.82) is 0 Å². The SMILES string of the molecule is CCCOc1ccccc1NC(=O)N1CCC(N2CC(C(=O)O)CC2=O)CC1. The molecule has 0 aliphatic carbocycles. The number of hydrogen-bond donors (Lipinski definition) is 2. The van der Waals surface area contributed by atoms with Gasteiger partial charge in [0.15, 0.2) is 0 Å². The Morgan fingerprint density at radius 3 is 2.61 bits per heavy atom. The topological polar surface area (TPSA) is 99.2 Å². The number of urea groups is 1. The van der Waals surface area contributed by atoms with Crippen molar-refractivity contribution in [1.82, 2.24) is 9.80 Å². The Bertz CT molecular complexity index is 730. The number of carboxylic acids is 1. The summed E-state index contributed by atoms with van der Waals surface area (Å²) in [6, 6.07) is 7.16. The molecule has 152 valence electrons. The molecule has 0 saturated carbocycles. The molecule has 2 aliphatic rings. The molecule has 2 saturated heterocycles. The lowest BCUT2D eigenvalue weighted by Gasteiger charge is -2.36. The summed E-state index contributed by atoms with van der Waals surface area (Å²) >= 11 is 0. The number of nitrogens with zero attached hydrogens (tertiary/aromatic N) is 2. The van der Waals surface area contributed by atoms with Gasteiger partial charge < -0.3 is 25.0 Å². The van der Waals surface area contributed by atoms with Crippen molar-refractivity contribution < 1.29 is 24.2 Å². The van der Waals surface area contributed by atoms with Gasteiger partial charge in [-0.15, -0.1) is 0 Å². The van der Waals surface area contributed by atoms with Crippen LogP contribution in [0, 0.1) is 5.92 Å². The third kappa shape index (κ3) is 4.55. The number of piperidine rings is 1. The van der Waals surface area contributed by atoms with Gasteiger partial charge in [-0.3, -0.25) is 9.59 Å². The van der Waals surface area contributed by atoms with Gasteiger partial charge in [0.25, 0.3) is 0 Å². The molecule has 2 N–H and O–H groups in total. The molecular formula is C20H27N3O5. The standard InChI is InChI=1S/C20H27N3O5/c1-2-11-28-17-6-4-3-5-16(17)21-20(27)22-9-7-15(8-10-22)23-13-14(19(25)26)12-18(23)24/h3-6,14-15H,2,7-13H2,1H3,(H,21,27)(H,25,26). The average Bonchev–Trinajstić information content (AvgIpc) is 3.09. The van der Waals surface area contributed by atoms with E-state index in [1.165, 1.54) is 0 Å². The number of carbonyl (C=O) groups is 3. The van der Waals surface area contributed by atoms with Gasteiger partial charge in [-0.1, -0.05) is 19.1 Å². The first-order valence-corrected chi connectivity index (χ1v) is 9.79. The average molecular weight is 389 g/mol. The van der Waals surface area contributed by atoms with Crippen LogP contribution < -0.4 is 10.1 Å². The number of rotatable bonds is 6. The number of benzene rings is 1. The summed E-state index contributed by atoms with van der Waals surface area (Å²) in [5, 5.41) is 12.0. The second kappa shape index (κ2) is 8.95. The highest BCUT2D eigenvalue weighted by Gasteiger charge is 2.39. The van der Waals surface area contributed by atoms with Gasteiger partial charge in [0.2, 0.25) is 5.91 Å². The van der Waals surface area contributed by atoms with Crippen LogP contribution >= 0.6 is 0 Å². The zero-order valence-electron chi connectivity index (χ0n) is 16.1. The second-order valence-electron chi connectivity index (χ2n) is 7.28. The first-order chi connectivity index (χ1) is 13.5. The minimum atomic E-state index is -0.920. The number of carbonyl (C=O) groups excluding carboxylic acids is 2.